The zero-order chi connectivity index (χ0) is 17.5. The first-order chi connectivity index (χ1) is 11.3. The Bertz CT molecular complexity index is 912. The average Bonchev–Trinajstić information content (AvgIpc) is 2.82. The van der Waals surface area contributed by atoms with Crippen molar-refractivity contribution in [1.82, 2.24) is 5.32 Å². The van der Waals surface area contributed by atoms with Gasteiger partial charge >= 0.3 is 0 Å². The molecular formula is C17H17FN2O3S. The van der Waals surface area contributed by atoms with Crippen LogP contribution in [0.4, 0.5) is 4.39 Å². The van der Waals surface area contributed by atoms with Crippen LogP contribution in [0.2, 0.25) is 0 Å². The van der Waals surface area contributed by atoms with E-state index in [1.54, 1.807) is 0 Å². The molecule has 1 amide bonds. The van der Waals surface area contributed by atoms with Gasteiger partial charge in [0.25, 0.3) is 5.91 Å². The summed E-state index contributed by atoms with van der Waals surface area (Å²) in [7, 11) is -4.15. The van der Waals surface area contributed by atoms with Gasteiger partial charge in [-0.15, -0.1) is 0 Å². The Balaban J connectivity index is 1.85. The van der Waals surface area contributed by atoms with Crippen molar-refractivity contribution in [3.8, 4) is 0 Å². The molecule has 3 rings (SSSR count). The van der Waals surface area contributed by atoms with E-state index >= 15 is 0 Å². The van der Waals surface area contributed by atoms with Gasteiger partial charge in [0, 0.05) is 5.56 Å². The molecule has 0 spiro atoms. The molecule has 0 unspecified atom stereocenters. The molecule has 2 aromatic carbocycles. The molecule has 0 saturated carbocycles. The van der Waals surface area contributed by atoms with Gasteiger partial charge in [0.1, 0.15) is 10.7 Å². The lowest BCUT2D eigenvalue weighted by molar-refractivity contribution is 0.0926. The number of benzene rings is 2. The van der Waals surface area contributed by atoms with E-state index in [2.05, 4.69) is 5.32 Å². The van der Waals surface area contributed by atoms with Crippen LogP contribution in [0.5, 0.6) is 0 Å². The molecule has 0 heterocycles. The fraction of sp³-hybridized carbons (Fsp3) is 0.235. The molecule has 7 heteroatoms. The number of fused-ring (bicyclic) bond motifs is 1. The summed E-state index contributed by atoms with van der Waals surface area (Å²) >= 11 is 0. The molecule has 2 atom stereocenters. The Kier molecular flexibility index (Phi) is 4.15. The monoisotopic (exact) mass is 348 g/mol. The Morgan fingerprint density at radius 3 is 2.62 bits per heavy atom. The molecule has 0 aliphatic heterocycles. The van der Waals surface area contributed by atoms with Crippen molar-refractivity contribution in [3.63, 3.8) is 0 Å². The van der Waals surface area contributed by atoms with Crippen LogP contribution in [0.1, 0.15) is 34.5 Å². The summed E-state index contributed by atoms with van der Waals surface area (Å²) in [6.07, 6.45) is 0.861. The van der Waals surface area contributed by atoms with Gasteiger partial charge in [0.15, 0.2) is 0 Å². The van der Waals surface area contributed by atoms with Crippen LogP contribution in [-0.2, 0) is 16.4 Å². The molecule has 1 aliphatic rings. The first kappa shape index (κ1) is 16.6. The number of hydrogen-bond donors (Lipinski definition) is 2. The summed E-state index contributed by atoms with van der Waals surface area (Å²) in [6, 6.07) is 10.9. The molecular weight excluding hydrogens is 331 g/mol. The highest BCUT2D eigenvalue weighted by Crippen LogP contribution is 2.35. The van der Waals surface area contributed by atoms with Crippen molar-refractivity contribution in [1.29, 1.82) is 0 Å². The van der Waals surface area contributed by atoms with Crippen molar-refractivity contribution in [2.75, 3.05) is 0 Å². The van der Waals surface area contributed by atoms with Crippen LogP contribution >= 0.6 is 0 Å². The number of nitrogens with one attached hydrogen (secondary N) is 1. The second-order valence-corrected chi connectivity index (χ2v) is 7.55. The van der Waals surface area contributed by atoms with E-state index in [4.69, 9.17) is 5.14 Å². The molecule has 0 fully saturated rings. The van der Waals surface area contributed by atoms with Gasteiger partial charge < -0.3 is 5.32 Å². The zero-order valence-electron chi connectivity index (χ0n) is 13.0. The van der Waals surface area contributed by atoms with Gasteiger partial charge in [-0.1, -0.05) is 31.2 Å². The standard InChI is InChI=1S/C17H17FN2O3S/c1-10-8-11-4-2-3-5-13(11)16(10)20-17(21)12-6-7-15(14(18)9-12)24(19,22)23/h2-7,9-10,16H,8H2,1H3,(H,20,21)(H2,19,22,23)/t10-,16+/m0/s1. The molecule has 126 valence electrons. The predicted molar refractivity (Wildman–Crippen MR) is 87.3 cm³/mol. The third kappa shape index (κ3) is 3.05. The Morgan fingerprint density at radius 1 is 1.25 bits per heavy atom. The lowest BCUT2D eigenvalue weighted by atomic mass is 10.0. The molecule has 0 aromatic heterocycles. The van der Waals surface area contributed by atoms with Crippen molar-refractivity contribution in [2.24, 2.45) is 11.1 Å². The van der Waals surface area contributed by atoms with Gasteiger partial charge in [-0.3, -0.25) is 4.79 Å². The average molecular weight is 348 g/mol. The number of halogens is 1. The molecule has 0 bridgehead atoms. The van der Waals surface area contributed by atoms with Crippen LogP contribution in [0.3, 0.4) is 0 Å². The first-order valence-corrected chi connectivity index (χ1v) is 9.03. The lowest BCUT2D eigenvalue weighted by Crippen LogP contribution is -2.30. The summed E-state index contributed by atoms with van der Waals surface area (Å²) < 4.78 is 36.4. The minimum absolute atomic E-state index is 0.0523. The summed E-state index contributed by atoms with van der Waals surface area (Å²) in [5, 5.41) is 7.82. The lowest BCUT2D eigenvalue weighted by Gasteiger charge is -2.19. The van der Waals surface area contributed by atoms with E-state index in [1.807, 2.05) is 31.2 Å². The number of carbonyl (C=O) groups is 1. The molecule has 3 N–H and O–H groups in total. The second kappa shape index (κ2) is 5.99. The molecule has 5 nitrogen and oxygen atoms in total. The van der Waals surface area contributed by atoms with Crippen LogP contribution in [-0.4, -0.2) is 14.3 Å². The third-order valence-electron chi connectivity index (χ3n) is 4.29. The van der Waals surface area contributed by atoms with E-state index in [9.17, 15) is 17.6 Å². The van der Waals surface area contributed by atoms with E-state index in [-0.39, 0.29) is 17.5 Å². The van der Waals surface area contributed by atoms with Crippen molar-refractivity contribution < 1.29 is 17.6 Å². The number of carbonyl (C=O) groups excluding carboxylic acids is 1. The van der Waals surface area contributed by atoms with Crippen molar-refractivity contribution >= 4 is 15.9 Å². The summed E-state index contributed by atoms with van der Waals surface area (Å²) in [6.45, 7) is 2.04. The van der Waals surface area contributed by atoms with Gasteiger partial charge in [-0.2, -0.15) is 0 Å². The summed E-state index contributed by atoms with van der Waals surface area (Å²) in [4.78, 5) is 11.8. The maximum absolute atomic E-state index is 13.9. The maximum atomic E-state index is 13.9. The fourth-order valence-electron chi connectivity index (χ4n) is 3.11. The van der Waals surface area contributed by atoms with E-state index in [0.717, 1.165) is 24.1 Å². The maximum Gasteiger partial charge on any atom is 0.251 e. The highest BCUT2D eigenvalue weighted by atomic mass is 32.2. The van der Waals surface area contributed by atoms with Crippen LogP contribution in [0.15, 0.2) is 47.4 Å². The molecule has 0 radical (unpaired) electrons. The number of amides is 1. The van der Waals surface area contributed by atoms with Crippen molar-refractivity contribution in [2.45, 2.75) is 24.3 Å². The Labute approximate surface area is 139 Å². The highest BCUT2D eigenvalue weighted by Gasteiger charge is 2.30. The Hall–Kier alpha value is -2.25. The highest BCUT2D eigenvalue weighted by molar-refractivity contribution is 7.89. The van der Waals surface area contributed by atoms with Gasteiger partial charge in [-0.25, -0.2) is 17.9 Å². The number of sulfonamides is 1. The number of hydrogen-bond acceptors (Lipinski definition) is 3. The Morgan fingerprint density at radius 2 is 1.96 bits per heavy atom. The summed E-state index contributed by atoms with van der Waals surface area (Å²) in [5.41, 5.74) is 2.29. The van der Waals surface area contributed by atoms with Crippen molar-refractivity contribution in [3.05, 3.63) is 65.0 Å². The SMILES string of the molecule is C[C@H]1Cc2ccccc2[C@@H]1NC(=O)c1ccc(S(N)(=O)=O)c(F)c1. The van der Waals surface area contributed by atoms with Crippen LogP contribution < -0.4 is 10.5 Å². The smallest absolute Gasteiger partial charge is 0.251 e. The molecule has 2 aromatic rings. The van der Waals surface area contributed by atoms with Crippen LogP contribution in [0, 0.1) is 11.7 Å². The number of nitrogens with two attached hydrogens (primary N) is 1. The number of primary sulfonamides is 1. The van der Waals surface area contributed by atoms with Gasteiger partial charge in [0.05, 0.1) is 6.04 Å². The predicted octanol–water partition coefficient (Wildman–Crippen LogP) is 2.14. The zero-order valence-corrected chi connectivity index (χ0v) is 13.8. The first-order valence-electron chi connectivity index (χ1n) is 7.48. The van der Waals surface area contributed by atoms with E-state index in [1.165, 1.54) is 11.6 Å². The second-order valence-electron chi connectivity index (χ2n) is 6.02. The van der Waals surface area contributed by atoms with E-state index < -0.39 is 26.6 Å². The normalized spacial score (nSPS) is 19.8. The van der Waals surface area contributed by atoms with Crippen LogP contribution in [0.25, 0.3) is 0 Å². The largest absolute Gasteiger partial charge is 0.345 e. The minimum atomic E-state index is -4.15. The third-order valence-corrected chi connectivity index (χ3v) is 5.23. The van der Waals surface area contributed by atoms with E-state index in [0.29, 0.717) is 0 Å². The quantitative estimate of drug-likeness (QED) is 0.890. The fourth-order valence-corrected chi connectivity index (χ4v) is 3.70. The molecule has 0 saturated heterocycles. The van der Waals surface area contributed by atoms with Gasteiger partial charge in [0.2, 0.25) is 10.0 Å². The topological polar surface area (TPSA) is 89.3 Å². The molecule has 24 heavy (non-hydrogen) atoms. The van der Waals surface area contributed by atoms with Gasteiger partial charge in [-0.05, 0) is 41.7 Å². The minimum Gasteiger partial charge on any atom is -0.345 e. The number of rotatable bonds is 3. The summed E-state index contributed by atoms with van der Waals surface area (Å²) in [5.74, 6) is -1.27. The molecule has 1 aliphatic carbocycles.